The molecule has 3 rings (SSSR count). The number of carbonyl (C=O) groups is 1. The van der Waals surface area contributed by atoms with Gasteiger partial charge in [-0.25, -0.2) is 0 Å². The highest BCUT2D eigenvalue weighted by atomic mass is 16.5. The van der Waals surface area contributed by atoms with Crippen LogP contribution < -0.4 is 5.32 Å². The SMILES string of the molecule is CC1(C)CN(CCNC(=O)C2(C#N)CC23CCCC3)CCO1. The summed E-state index contributed by atoms with van der Waals surface area (Å²) in [5.74, 6) is -0.0376. The van der Waals surface area contributed by atoms with Crippen molar-refractivity contribution in [1.82, 2.24) is 10.2 Å². The van der Waals surface area contributed by atoms with Crippen molar-refractivity contribution in [2.24, 2.45) is 10.8 Å². The minimum atomic E-state index is -0.728. The second kappa shape index (κ2) is 5.50. The number of nitriles is 1. The third-order valence-corrected chi connectivity index (χ3v) is 5.74. The summed E-state index contributed by atoms with van der Waals surface area (Å²) in [4.78, 5) is 14.8. The Hall–Kier alpha value is -1.12. The maximum Gasteiger partial charge on any atom is 0.241 e. The van der Waals surface area contributed by atoms with Crippen molar-refractivity contribution in [1.29, 1.82) is 5.26 Å². The van der Waals surface area contributed by atoms with Crippen LogP contribution in [0, 0.1) is 22.2 Å². The molecule has 2 saturated carbocycles. The van der Waals surface area contributed by atoms with E-state index < -0.39 is 5.41 Å². The lowest BCUT2D eigenvalue weighted by molar-refractivity contribution is -0.125. The molecule has 0 radical (unpaired) electrons. The largest absolute Gasteiger partial charge is 0.373 e. The van der Waals surface area contributed by atoms with Crippen molar-refractivity contribution in [2.75, 3.05) is 32.8 Å². The second-order valence-electron chi connectivity index (χ2n) is 7.82. The fraction of sp³-hybridized carbons (Fsp3) is 0.882. The average molecular weight is 305 g/mol. The van der Waals surface area contributed by atoms with Crippen LogP contribution in [0.5, 0.6) is 0 Å². The molecule has 22 heavy (non-hydrogen) atoms. The molecule has 0 aromatic rings. The van der Waals surface area contributed by atoms with Crippen molar-refractivity contribution in [3.8, 4) is 6.07 Å². The summed E-state index contributed by atoms with van der Waals surface area (Å²) in [5, 5.41) is 12.5. The van der Waals surface area contributed by atoms with Crippen LogP contribution in [-0.2, 0) is 9.53 Å². The van der Waals surface area contributed by atoms with Crippen molar-refractivity contribution in [3.05, 3.63) is 0 Å². The Labute approximate surface area is 133 Å². The van der Waals surface area contributed by atoms with Gasteiger partial charge < -0.3 is 10.1 Å². The molecule has 0 bridgehead atoms. The number of nitrogens with one attached hydrogen (secondary N) is 1. The van der Waals surface area contributed by atoms with Gasteiger partial charge >= 0.3 is 0 Å². The maximum absolute atomic E-state index is 12.5. The predicted octanol–water partition coefficient (Wildman–Crippen LogP) is 1.69. The summed E-state index contributed by atoms with van der Waals surface area (Å²) >= 11 is 0. The van der Waals surface area contributed by atoms with Crippen molar-refractivity contribution >= 4 is 5.91 Å². The maximum atomic E-state index is 12.5. The van der Waals surface area contributed by atoms with Crippen LogP contribution in [-0.4, -0.2) is 49.2 Å². The summed E-state index contributed by atoms with van der Waals surface area (Å²) in [7, 11) is 0. The van der Waals surface area contributed by atoms with Gasteiger partial charge in [0.15, 0.2) is 0 Å². The van der Waals surface area contributed by atoms with Crippen LogP contribution >= 0.6 is 0 Å². The molecular weight excluding hydrogens is 278 g/mol. The first-order chi connectivity index (χ1) is 10.4. The molecule has 1 spiro atoms. The molecule has 1 heterocycles. The van der Waals surface area contributed by atoms with E-state index in [0.29, 0.717) is 6.54 Å². The van der Waals surface area contributed by atoms with E-state index in [1.807, 2.05) is 0 Å². The molecule has 5 nitrogen and oxygen atoms in total. The molecule has 3 aliphatic rings. The Morgan fingerprint density at radius 1 is 1.36 bits per heavy atom. The van der Waals surface area contributed by atoms with Crippen LogP contribution in [0.2, 0.25) is 0 Å². The summed E-state index contributed by atoms with van der Waals surface area (Å²) < 4.78 is 5.70. The first-order valence-corrected chi connectivity index (χ1v) is 8.49. The van der Waals surface area contributed by atoms with Crippen molar-refractivity contribution < 1.29 is 9.53 Å². The van der Waals surface area contributed by atoms with Crippen LogP contribution in [0.1, 0.15) is 46.0 Å². The third-order valence-electron chi connectivity index (χ3n) is 5.74. The van der Waals surface area contributed by atoms with Gasteiger partial charge in [-0.05, 0) is 33.1 Å². The molecular formula is C17H27N3O2. The lowest BCUT2D eigenvalue weighted by Crippen LogP contribution is -2.50. The molecule has 1 unspecified atom stereocenters. The molecule has 1 aliphatic heterocycles. The quantitative estimate of drug-likeness (QED) is 0.858. The molecule has 3 fully saturated rings. The number of hydrogen-bond acceptors (Lipinski definition) is 4. The molecule has 1 saturated heterocycles. The highest BCUT2D eigenvalue weighted by Crippen LogP contribution is 2.71. The van der Waals surface area contributed by atoms with E-state index >= 15 is 0 Å². The number of nitrogens with zero attached hydrogens (tertiary/aromatic N) is 2. The zero-order valence-corrected chi connectivity index (χ0v) is 13.8. The van der Waals surface area contributed by atoms with E-state index in [1.54, 1.807) is 0 Å². The molecule has 1 amide bonds. The van der Waals surface area contributed by atoms with Gasteiger partial charge in [-0.2, -0.15) is 5.26 Å². The van der Waals surface area contributed by atoms with Gasteiger partial charge in [0.2, 0.25) is 5.91 Å². The summed E-state index contributed by atoms with van der Waals surface area (Å²) in [6, 6.07) is 2.34. The van der Waals surface area contributed by atoms with E-state index in [4.69, 9.17) is 4.74 Å². The Bertz CT molecular complexity index is 491. The number of hydrogen-bond donors (Lipinski definition) is 1. The summed E-state index contributed by atoms with van der Waals surface area (Å²) in [5.41, 5.74) is -0.832. The van der Waals surface area contributed by atoms with Crippen molar-refractivity contribution in [2.45, 2.75) is 51.6 Å². The normalized spacial score (nSPS) is 32.6. The van der Waals surface area contributed by atoms with Gasteiger partial charge in [-0.15, -0.1) is 0 Å². The Kier molecular flexibility index (Phi) is 3.94. The highest BCUT2D eigenvalue weighted by molar-refractivity contribution is 5.90. The molecule has 1 N–H and O–H groups in total. The predicted molar refractivity (Wildman–Crippen MR) is 83.0 cm³/mol. The first-order valence-electron chi connectivity index (χ1n) is 8.49. The fourth-order valence-corrected chi connectivity index (χ4v) is 4.43. The zero-order chi connectivity index (χ0) is 15.8. The van der Waals surface area contributed by atoms with Crippen molar-refractivity contribution in [3.63, 3.8) is 0 Å². The Balaban J connectivity index is 1.48. The number of morpholine rings is 1. The van der Waals surface area contributed by atoms with E-state index in [2.05, 4.69) is 30.1 Å². The summed E-state index contributed by atoms with van der Waals surface area (Å²) in [6.07, 6.45) is 5.20. The number of rotatable bonds is 4. The standard InChI is InChI=1S/C17H27N3O2/c1-15(2)13-20(9-10-22-15)8-7-19-14(21)17(12-18)11-16(17)5-3-4-6-16/h3-11,13H2,1-2H3,(H,19,21). The van der Waals surface area contributed by atoms with E-state index in [9.17, 15) is 10.1 Å². The van der Waals surface area contributed by atoms with E-state index in [0.717, 1.165) is 45.5 Å². The fourth-order valence-electron chi connectivity index (χ4n) is 4.43. The molecule has 122 valence electrons. The molecule has 1 atom stereocenters. The second-order valence-corrected chi connectivity index (χ2v) is 7.82. The average Bonchev–Trinajstić information content (AvgIpc) is 2.84. The van der Waals surface area contributed by atoms with Gasteiger partial charge in [-0.3, -0.25) is 9.69 Å². The monoisotopic (exact) mass is 305 g/mol. The topological polar surface area (TPSA) is 65.4 Å². The number of amides is 1. The van der Waals surface area contributed by atoms with Gasteiger partial charge in [-0.1, -0.05) is 12.8 Å². The van der Waals surface area contributed by atoms with Gasteiger partial charge in [0.1, 0.15) is 5.41 Å². The minimum absolute atomic E-state index is 0.00673. The van der Waals surface area contributed by atoms with Gasteiger partial charge in [0.25, 0.3) is 0 Å². The summed E-state index contributed by atoms with van der Waals surface area (Å²) in [6.45, 7) is 8.17. The first kappa shape index (κ1) is 15.8. The van der Waals surface area contributed by atoms with Gasteiger partial charge in [0, 0.05) is 31.6 Å². The van der Waals surface area contributed by atoms with E-state index in [1.165, 1.54) is 12.8 Å². The lowest BCUT2D eigenvalue weighted by Gasteiger charge is -2.38. The molecule has 0 aromatic heterocycles. The van der Waals surface area contributed by atoms with Crippen LogP contribution in [0.4, 0.5) is 0 Å². The smallest absolute Gasteiger partial charge is 0.241 e. The number of carbonyl (C=O) groups excluding carboxylic acids is 1. The lowest BCUT2D eigenvalue weighted by atomic mass is 9.91. The zero-order valence-electron chi connectivity index (χ0n) is 13.8. The van der Waals surface area contributed by atoms with Crippen LogP contribution in [0.25, 0.3) is 0 Å². The molecule has 5 heteroatoms. The van der Waals surface area contributed by atoms with E-state index in [-0.39, 0.29) is 16.9 Å². The highest BCUT2D eigenvalue weighted by Gasteiger charge is 2.72. The van der Waals surface area contributed by atoms with Crippen LogP contribution in [0.15, 0.2) is 0 Å². The van der Waals surface area contributed by atoms with Gasteiger partial charge in [0.05, 0.1) is 18.3 Å². The Morgan fingerprint density at radius 3 is 2.73 bits per heavy atom. The molecule has 2 aliphatic carbocycles. The molecule has 0 aromatic carbocycles. The Morgan fingerprint density at radius 2 is 2.09 bits per heavy atom. The third kappa shape index (κ3) is 2.63. The number of ether oxygens (including phenoxy) is 1. The minimum Gasteiger partial charge on any atom is -0.373 e. The van der Waals surface area contributed by atoms with Crippen LogP contribution in [0.3, 0.4) is 0 Å².